The van der Waals surface area contributed by atoms with E-state index in [1.165, 1.54) is 12.1 Å². The van der Waals surface area contributed by atoms with Gasteiger partial charge in [-0.3, -0.25) is 4.79 Å². The summed E-state index contributed by atoms with van der Waals surface area (Å²) >= 11 is 0. The highest BCUT2D eigenvalue weighted by atomic mass is 19.1. The molecule has 1 aliphatic heterocycles. The van der Waals surface area contributed by atoms with Crippen molar-refractivity contribution in [2.45, 2.75) is 32.2 Å². The number of hydrogen-bond donors (Lipinski definition) is 2. The third-order valence-corrected chi connectivity index (χ3v) is 3.59. The Hall–Kier alpha value is -1.40. The first kappa shape index (κ1) is 14.0. The van der Waals surface area contributed by atoms with Gasteiger partial charge >= 0.3 is 7.12 Å². The molecule has 0 spiro atoms. The summed E-state index contributed by atoms with van der Waals surface area (Å²) in [5, 5.41) is 17.9. The molecule has 102 valence electrons. The largest absolute Gasteiger partial charge is 0.491 e. The number of piperidine rings is 1. The lowest BCUT2D eigenvalue weighted by Gasteiger charge is -2.33. The fraction of sp³-hybridized carbons (Fsp3) is 0.462. The van der Waals surface area contributed by atoms with Gasteiger partial charge in [-0.15, -0.1) is 0 Å². The maximum Gasteiger partial charge on any atom is 0.491 e. The van der Waals surface area contributed by atoms with Crippen molar-refractivity contribution < 1.29 is 19.2 Å². The zero-order valence-corrected chi connectivity index (χ0v) is 10.8. The molecular formula is C13H17BFNO3. The second-order valence-corrected chi connectivity index (χ2v) is 4.95. The average molecular weight is 265 g/mol. The lowest BCUT2D eigenvalue weighted by Crippen LogP contribution is -2.42. The SMILES string of the molecule is CC1CCCCN1C(=O)c1ccc(B(O)O)c(F)c1. The van der Waals surface area contributed by atoms with Crippen LogP contribution >= 0.6 is 0 Å². The monoisotopic (exact) mass is 265 g/mol. The molecule has 1 aromatic carbocycles. The van der Waals surface area contributed by atoms with Gasteiger partial charge in [0.05, 0.1) is 0 Å². The minimum atomic E-state index is -1.86. The first-order chi connectivity index (χ1) is 9.00. The quantitative estimate of drug-likeness (QED) is 0.766. The van der Waals surface area contributed by atoms with E-state index in [1.807, 2.05) is 6.92 Å². The van der Waals surface area contributed by atoms with Crippen molar-refractivity contribution in [2.75, 3.05) is 6.54 Å². The van der Waals surface area contributed by atoms with Crippen LogP contribution in [0.3, 0.4) is 0 Å². The van der Waals surface area contributed by atoms with Crippen LogP contribution in [0, 0.1) is 5.82 Å². The van der Waals surface area contributed by atoms with E-state index in [2.05, 4.69) is 0 Å². The fourth-order valence-electron chi connectivity index (χ4n) is 2.44. The standard InChI is InChI=1S/C13H17BFNO3/c1-9-4-2-3-7-16(9)13(17)10-5-6-11(14(18)19)12(15)8-10/h5-6,8-9,18-19H,2-4,7H2,1H3. The third-order valence-electron chi connectivity index (χ3n) is 3.59. The normalized spacial score (nSPS) is 19.4. The van der Waals surface area contributed by atoms with Gasteiger partial charge in [-0.05, 0) is 38.3 Å². The summed E-state index contributed by atoms with van der Waals surface area (Å²) < 4.78 is 13.6. The molecular weight excluding hydrogens is 248 g/mol. The lowest BCUT2D eigenvalue weighted by molar-refractivity contribution is 0.0635. The molecule has 19 heavy (non-hydrogen) atoms. The van der Waals surface area contributed by atoms with Gasteiger partial charge in [-0.1, -0.05) is 6.07 Å². The summed E-state index contributed by atoms with van der Waals surface area (Å²) in [6.07, 6.45) is 3.03. The molecule has 2 rings (SSSR count). The first-order valence-electron chi connectivity index (χ1n) is 6.47. The molecule has 1 amide bonds. The number of hydrogen-bond acceptors (Lipinski definition) is 3. The van der Waals surface area contributed by atoms with E-state index >= 15 is 0 Å². The highest BCUT2D eigenvalue weighted by Gasteiger charge is 2.25. The maximum atomic E-state index is 13.6. The molecule has 6 heteroatoms. The molecule has 0 aliphatic carbocycles. The molecule has 1 fully saturated rings. The molecule has 2 N–H and O–H groups in total. The molecule has 1 aliphatic rings. The van der Waals surface area contributed by atoms with Gasteiger partial charge in [0.25, 0.3) is 5.91 Å². The van der Waals surface area contributed by atoms with E-state index in [1.54, 1.807) is 4.90 Å². The van der Waals surface area contributed by atoms with Gasteiger partial charge in [-0.25, -0.2) is 4.39 Å². The summed E-state index contributed by atoms with van der Waals surface area (Å²) in [6, 6.07) is 3.90. The van der Waals surface area contributed by atoms with Gasteiger partial charge in [-0.2, -0.15) is 0 Å². The van der Waals surface area contributed by atoms with E-state index in [0.717, 1.165) is 25.3 Å². The number of rotatable bonds is 2. The smallest absolute Gasteiger partial charge is 0.423 e. The lowest BCUT2D eigenvalue weighted by atomic mass is 9.79. The highest BCUT2D eigenvalue weighted by Crippen LogP contribution is 2.19. The number of likely N-dealkylation sites (tertiary alicyclic amines) is 1. The molecule has 0 radical (unpaired) electrons. The number of halogens is 1. The van der Waals surface area contributed by atoms with E-state index in [9.17, 15) is 9.18 Å². The van der Waals surface area contributed by atoms with E-state index in [-0.39, 0.29) is 23.0 Å². The second kappa shape index (κ2) is 5.71. The Morgan fingerprint density at radius 2 is 2.16 bits per heavy atom. The van der Waals surface area contributed by atoms with Crippen molar-refractivity contribution in [3.05, 3.63) is 29.6 Å². The second-order valence-electron chi connectivity index (χ2n) is 4.95. The Bertz CT molecular complexity index is 481. The van der Waals surface area contributed by atoms with Crippen LogP contribution in [-0.2, 0) is 0 Å². The van der Waals surface area contributed by atoms with Crippen LogP contribution in [-0.4, -0.2) is 40.6 Å². The van der Waals surface area contributed by atoms with E-state index in [4.69, 9.17) is 10.0 Å². The van der Waals surface area contributed by atoms with Crippen molar-refractivity contribution in [1.82, 2.24) is 4.90 Å². The van der Waals surface area contributed by atoms with Crippen LogP contribution in [0.2, 0.25) is 0 Å². The van der Waals surface area contributed by atoms with Crippen LogP contribution in [0.4, 0.5) is 4.39 Å². The molecule has 4 nitrogen and oxygen atoms in total. The van der Waals surface area contributed by atoms with Crippen LogP contribution < -0.4 is 5.46 Å². The molecule has 0 bridgehead atoms. The number of carbonyl (C=O) groups is 1. The number of amides is 1. The van der Waals surface area contributed by atoms with Gasteiger partial charge in [0.15, 0.2) is 0 Å². The number of benzene rings is 1. The fourth-order valence-corrected chi connectivity index (χ4v) is 2.44. The minimum absolute atomic E-state index is 0.160. The van der Waals surface area contributed by atoms with Crippen molar-refractivity contribution in [3.8, 4) is 0 Å². The minimum Gasteiger partial charge on any atom is -0.423 e. The Balaban J connectivity index is 2.22. The van der Waals surface area contributed by atoms with E-state index < -0.39 is 12.9 Å². The first-order valence-corrected chi connectivity index (χ1v) is 6.47. The van der Waals surface area contributed by atoms with Gasteiger partial charge in [0.1, 0.15) is 5.82 Å². The van der Waals surface area contributed by atoms with E-state index in [0.29, 0.717) is 6.54 Å². The van der Waals surface area contributed by atoms with Crippen molar-refractivity contribution in [3.63, 3.8) is 0 Å². The summed E-state index contributed by atoms with van der Waals surface area (Å²) in [4.78, 5) is 14.0. The Morgan fingerprint density at radius 3 is 2.74 bits per heavy atom. The third kappa shape index (κ3) is 2.96. The number of nitrogens with zero attached hydrogens (tertiary/aromatic N) is 1. The van der Waals surface area contributed by atoms with Crippen molar-refractivity contribution in [2.24, 2.45) is 0 Å². The summed E-state index contributed by atoms with van der Waals surface area (Å²) in [6.45, 7) is 2.67. The van der Waals surface area contributed by atoms with Crippen LogP contribution in [0.5, 0.6) is 0 Å². The Kier molecular flexibility index (Phi) is 4.22. The van der Waals surface area contributed by atoms with Crippen LogP contribution in [0.25, 0.3) is 0 Å². The zero-order valence-electron chi connectivity index (χ0n) is 10.8. The van der Waals surface area contributed by atoms with Crippen molar-refractivity contribution >= 4 is 18.5 Å². The van der Waals surface area contributed by atoms with Crippen molar-refractivity contribution in [1.29, 1.82) is 0 Å². The zero-order chi connectivity index (χ0) is 14.0. The molecule has 0 saturated carbocycles. The van der Waals surface area contributed by atoms with Crippen LogP contribution in [0.1, 0.15) is 36.5 Å². The van der Waals surface area contributed by atoms with Gasteiger partial charge in [0, 0.05) is 23.6 Å². The Labute approximate surface area is 112 Å². The van der Waals surface area contributed by atoms with Gasteiger partial charge in [0.2, 0.25) is 0 Å². The highest BCUT2D eigenvalue weighted by molar-refractivity contribution is 6.58. The molecule has 1 atom stereocenters. The Morgan fingerprint density at radius 1 is 1.42 bits per heavy atom. The molecule has 1 heterocycles. The van der Waals surface area contributed by atoms with Gasteiger partial charge < -0.3 is 14.9 Å². The molecule has 0 aromatic heterocycles. The van der Waals surface area contributed by atoms with Crippen LogP contribution in [0.15, 0.2) is 18.2 Å². The summed E-state index contributed by atoms with van der Waals surface area (Å²) in [5.41, 5.74) is 0.0268. The number of carbonyl (C=O) groups excluding carboxylic acids is 1. The molecule has 1 aromatic rings. The predicted octanol–water partition coefficient (Wildman–Crippen LogP) is 0.520. The summed E-state index contributed by atoms with van der Waals surface area (Å²) in [7, 11) is -1.86. The summed E-state index contributed by atoms with van der Waals surface area (Å²) in [5.74, 6) is -0.976. The predicted molar refractivity (Wildman–Crippen MR) is 70.6 cm³/mol. The molecule has 1 unspecified atom stereocenters. The average Bonchev–Trinajstić information content (AvgIpc) is 2.38. The maximum absolute atomic E-state index is 13.6. The molecule has 1 saturated heterocycles. The topological polar surface area (TPSA) is 60.8 Å².